The van der Waals surface area contributed by atoms with Crippen LogP contribution in [0.4, 0.5) is 13.6 Å². The predicted octanol–water partition coefficient (Wildman–Crippen LogP) is 2.18. The molecule has 1 saturated heterocycles. The smallest absolute Gasteiger partial charge is 0.213 e. The number of alkyl halides is 1. The Labute approximate surface area is 174 Å². The molecule has 0 bridgehead atoms. The Bertz CT molecular complexity index is 934. The summed E-state index contributed by atoms with van der Waals surface area (Å²) in [6, 6.07) is 3.38. The molecule has 3 heterocycles. The Morgan fingerprint density at radius 3 is 2.77 bits per heavy atom. The lowest BCUT2D eigenvalue weighted by molar-refractivity contribution is -0.272. The minimum Gasteiger partial charge on any atom is -0.530 e. The normalized spacial score (nSPS) is 19.9. The number of amides is 1. The van der Waals surface area contributed by atoms with Gasteiger partial charge in [-0.15, -0.1) is 0 Å². The minimum absolute atomic E-state index is 0.0776. The molecule has 9 heteroatoms. The molecule has 2 aromatic rings. The highest BCUT2D eigenvalue weighted by atomic mass is 19.1. The number of fused-ring (bicyclic) bond motifs is 1. The van der Waals surface area contributed by atoms with Crippen molar-refractivity contribution in [3.63, 3.8) is 0 Å². The Morgan fingerprint density at radius 2 is 2.13 bits per heavy atom. The molecule has 3 rings (SSSR count). The van der Waals surface area contributed by atoms with Crippen LogP contribution >= 0.6 is 0 Å². The highest BCUT2D eigenvalue weighted by Gasteiger charge is 2.41. The molecule has 0 radical (unpaired) electrons. The van der Waals surface area contributed by atoms with Crippen molar-refractivity contribution in [3.8, 4) is 5.88 Å². The molecule has 1 fully saturated rings. The maximum Gasteiger partial charge on any atom is 0.213 e. The molecule has 1 aliphatic heterocycles. The third-order valence-corrected chi connectivity index (χ3v) is 5.48. The molecule has 164 valence electrons. The Morgan fingerprint density at radius 1 is 1.40 bits per heavy atom. The quantitative estimate of drug-likeness (QED) is 0.711. The first-order valence-electron chi connectivity index (χ1n) is 9.90. The molecule has 0 aromatic carbocycles. The molecular formula is C21H27F2N4O3-. The molecule has 2 aromatic heterocycles. The second-order valence-corrected chi connectivity index (χ2v) is 8.76. The molecule has 30 heavy (non-hydrogen) atoms. The number of halogens is 2. The Kier molecular flexibility index (Phi) is 6.12. The number of methoxy groups -OCH3 is 1. The van der Waals surface area contributed by atoms with E-state index in [0.29, 0.717) is 42.0 Å². The SMILES string of the molecule is COc1ccc2ncc(F)c(CCN3CCC(F)(CN(C(=O)[O-])C(C)(C)C)C3)c2n1. The third-order valence-electron chi connectivity index (χ3n) is 5.48. The van der Waals surface area contributed by atoms with E-state index in [1.807, 2.05) is 4.90 Å². The summed E-state index contributed by atoms with van der Waals surface area (Å²) in [6.45, 7) is 5.83. The van der Waals surface area contributed by atoms with Gasteiger partial charge in [-0.2, -0.15) is 0 Å². The van der Waals surface area contributed by atoms with Gasteiger partial charge in [-0.1, -0.05) is 0 Å². The summed E-state index contributed by atoms with van der Waals surface area (Å²) < 4.78 is 35.0. The van der Waals surface area contributed by atoms with E-state index in [1.54, 1.807) is 32.9 Å². The van der Waals surface area contributed by atoms with Crippen LogP contribution in [0.3, 0.4) is 0 Å². The number of hydrogen-bond donors (Lipinski definition) is 0. The van der Waals surface area contributed by atoms with Crippen molar-refractivity contribution in [1.82, 2.24) is 19.8 Å². The summed E-state index contributed by atoms with van der Waals surface area (Å²) >= 11 is 0. The van der Waals surface area contributed by atoms with Gasteiger partial charge < -0.3 is 19.5 Å². The van der Waals surface area contributed by atoms with Crippen molar-refractivity contribution in [3.05, 3.63) is 29.7 Å². The van der Waals surface area contributed by atoms with Crippen molar-refractivity contribution in [2.45, 2.75) is 44.8 Å². The second-order valence-electron chi connectivity index (χ2n) is 8.76. The number of carbonyl (C=O) groups excluding carboxylic acids is 1. The van der Waals surface area contributed by atoms with E-state index in [4.69, 9.17) is 4.74 Å². The van der Waals surface area contributed by atoms with Crippen LogP contribution in [0.25, 0.3) is 11.0 Å². The van der Waals surface area contributed by atoms with Crippen molar-refractivity contribution >= 4 is 17.1 Å². The van der Waals surface area contributed by atoms with Gasteiger partial charge >= 0.3 is 0 Å². The van der Waals surface area contributed by atoms with Crippen LogP contribution in [0.5, 0.6) is 5.88 Å². The Balaban J connectivity index is 1.71. The largest absolute Gasteiger partial charge is 0.530 e. The summed E-state index contributed by atoms with van der Waals surface area (Å²) in [4.78, 5) is 22.7. The molecule has 1 atom stereocenters. The summed E-state index contributed by atoms with van der Waals surface area (Å²) in [7, 11) is 1.49. The van der Waals surface area contributed by atoms with Crippen LogP contribution in [0.15, 0.2) is 18.3 Å². The van der Waals surface area contributed by atoms with Gasteiger partial charge in [0, 0.05) is 36.8 Å². The van der Waals surface area contributed by atoms with Gasteiger partial charge in [0.05, 0.1) is 30.9 Å². The van der Waals surface area contributed by atoms with Crippen molar-refractivity contribution in [1.29, 1.82) is 0 Å². The highest BCUT2D eigenvalue weighted by molar-refractivity contribution is 5.78. The van der Waals surface area contributed by atoms with E-state index in [9.17, 15) is 14.3 Å². The van der Waals surface area contributed by atoms with E-state index < -0.39 is 23.1 Å². The van der Waals surface area contributed by atoms with E-state index in [0.717, 1.165) is 11.1 Å². The van der Waals surface area contributed by atoms with Crippen molar-refractivity contribution < 1.29 is 23.4 Å². The van der Waals surface area contributed by atoms with Gasteiger partial charge in [0.2, 0.25) is 5.88 Å². The van der Waals surface area contributed by atoms with E-state index in [2.05, 4.69) is 9.97 Å². The number of rotatable bonds is 6. The zero-order chi connectivity index (χ0) is 22.1. The molecule has 0 spiro atoms. The number of likely N-dealkylation sites (tertiary alicyclic amines) is 1. The highest BCUT2D eigenvalue weighted by Crippen LogP contribution is 2.30. The maximum absolute atomic E-state index is 15.4. The van der Waals surface area contributed by atoms with Crippen molar-refractivity contribution in [2.24, 2.45) is 0 Å². The van der Waals surface area contributed by atoms with E-state index in [-0.39, 0.29) is 19.5 Å². The number of pyridine rings is 2. The molecule has 1 aliphatic rings. The Hall–Kier alpha value is -2.55. The summed E-state index contributed by atoms with van der Waals surface area (Å²) in [5.74, 6) is -0.102. The topological polar surface area (TPSA) is 81.6 Å². The molecule has 0 N–H and O–H groups in total. The first kappa shape index (κ1) is 22.1. The van der Waals surface area contributed by atoms with Crippen LogP contribution in [0.2, 0.25) is 0 Å². The molecule has 0 saturated carbocycles. The van der Waals surface area contributed by atoms with Gasteiger partial charge in [-0.05, 0) is 39.7 Å². The number of aromatic nitrogens is 2. The van der Waals surface area contributed by atoms with Crippen molar-refractivity contribution in [2.75, 3.05) is 33.3 Å². The van der Waals surface area contributed by atoms with Crippen LogP contribution < -0.4 is 9.84 Å². The summed E-state index contributed by atoms with van der Waals surface area (Å²) in [5.41, 5.74) is -1.04. The monoisotopic (exact) mass is 421 g/mol. The van der Waals surface area contributed by atoms with Gasteiger partial charge in [-0.25, -0.2) is 13.8 Å². The van der Waals surface area contributed by atoms with Crippen LogP contribution in [0, 0.1) is 5.82 Å². The average Bonchev–Trinajstić information content (AvgIpc) is 3.05. The average molecular weight is 421 g/mol. The van der Waals surface area contributed by atoms with E-state index in [1.165, 1.54) is 7.11 Å². The zero-order valence-corrected chi connectivity index (χ0v) is 17.7. The number of nitrogens with zero attached hydrogens (tertiary/aromatic N) is 4. The number of carboxylic acid groups (broad SMARTS) is 1. The van der Waals surface area contributed by atoms with Crippen LogP contribution in [-0.4, -0.2) is 70.4 Å². The molecular weight excluding hydrogens is 394 g/mol. The summed E-state index contributed by atoms with van der Waals surface area (Å²) in [6.07, 6.45) is 0.308. The standard InChI is InChI=1S/C21H28F2N4O3/c1-20(2,3)27(19(28)29)13-21(23)8-10-26(12-21)9-7-14-15(22)11-24-16-5-6-17(30-4)25-18(14)16/h5-6,11H,7-10,12-13H2,1-4H3,(H,28,29)/p-1. The van der Waals surface area contributed by atoms with Crippen LogP contribution in [-0.2, 0) is 6.42 Å². The van der Waals surface area contributed by atoms with E-state index >= 15 is 4.39 Å². The fourth-order valence-electron chi connectivity index (χ4n) is 3.80. The number of carbonyl (C=O) groups is 1. The lowest BCUT2D eigenvalue weighted by Crippen LogP contribution is -2.56. The minimum atomic E-state index is -1.67. The lowest BCUT2D eigenvalue weighted by Gasteiger charge is -2.41. The zero-order valence-electron chi connectivity index (χ0n) is 17.7. The van der Waals surface area contributed by atoms with Gasteiger partial charge in [0.1, 0.15) is 17.6 Å². The molecule has 1 unspecified atom stereocenters. The third kappa shape index (κ3) is 4.77. The van der Waals surface area contributed by atoms with Crippen LogP contribution in [0.1, 0.15) is 32.8 Å². The lowest BCUT2D eigenvalue weighted by atomic mass is 10.00. The first-order valence-corrected chi connectivity index (χ1v) is 9.90. The summed E-state index contributed by atoms with van der Waals surface area (Å²) in [5, 5.41) is 11.5. The number of ether oxygens (including phenoxy) is 1. The van der Waals surface area contributed by atoms with Gasteiger partial charge in [-0.3, -0.25) is 9.88 Å². The molecule has 1 amide bonds. The second kappa shape index (κ2) is 8.29. The predicted molar refractivity (Wildman–Crippen MR) is 107 cm³/mol. The first-order chi connectivity index (χ1) is 14.0. The molecule has 0 aliphatic carbocycles. The van der Waals surface area contributed by atoms with Gasteiger partial charge in [0.25, 0.3) is 0 Å². The number of hydrogen-bond acceptors (Lipinski definition) is 6. The molecule has 7 nitrogen and oxygen atoms in total. The fraction of sp³-hybridized carbons (Fsp3) is 0.571. The maximum atomic E-state index is 15.4. The fourth-order valence-corrected chi connectivity index (χ4v) is 3.80. The van der Waals surface area contributed by atoms with Gasteiger partial charge in [0.15, 0.2) is 0 Å².